The number of aromatic nitrogens is 3. The van der Waals surface area contributed by atoms with Gasteiger partial charge in [0.15, 0.2) is 11.5 Å². The second-order valence-corrected chi connectivity index (χ2v) is 10.4. The van der Waals surface area contributed by atoms with Gasteiger partial charge in [-0.05, 0) is 74.2 Å². The molecule has 0 spiro atoms. The molecule has 1 N–H and O–H groups in total. The number of aryl methyl sites for hydroxylation is 1. The van der Waals surface area contributed by atoms with Gasteiger partial charge >= 0.3 is 0 Å². The van der Waals surface area contributed by atoms with Crippen LogP contribution in [0.15, 0.2) is 71.8 Å². The molecular weight excluding hydrogens is 551 g/mol. The molecule has 5 aromatic rings. The number of benzene rings is 2. The van der Waals surface area contributed by atoms with Crippen LogP contribution in [0, 0.1) is 19.7 Å². The molecule has 0 aliphatic heterocycles. The van der Waals surface area contributed by atoms with E-state index in [1.54, 1.807) is 61.8 Å². The zero-order valence-electron chi connectivity index (χ0n) is 24.1. The number of hydrogen-bond donors (Lipinski definition) is 1. The van der Waals surface area contributed by atoms with Gasteiger partial charge in [0, 0.05) is 47.5 Å². The Kier molecular flexibility index (Phi) is 7.27. The highest BCUT2D eigenvalue weighted by Gasteiger charge is 2.29. The third kappa shape index (κ3) is 5.39. The number of rotatable bonds is 8. The second-order valence-electron chi connectivity index (χ2n) is 10.4. The van der Waals surface area contributed by atoms with Gasteiger partial charge in [0.25, 0.3) is 11.8 Å². The first-order chi connectivity index (χ1) is 20.8. The maximum Gasteiger partial charge on any atom is 0.261 e. The molecule has 6 rings (SSSR count). The smallest absolute Gasteiger partial charge is 0.261 e. The van der Waals surface area contributed by atoms with Crippen LogP contribution in [0.1, 0.15) is 40.5 Å². The molecule has 0 radical (unpaired) electrons. The molecule has 0 saturated heterocycles. The number of carbonyl (C=O) groups is 1. The standard InChI is InChI=1S/C33H29FN4O5/c1-18-15-20(34)5-12-24(18)29-19(2)38(22-8-9-22)17-25(31(29)39)32(40)36-21-6-10-23(11-7-21)43-27-13-14-35-26-16-28(41-3)33(42-4)37-30(26)27/h5-7,10-17,22H,8-9H2,1-4H3,(H,36,40). The van der Waals surface area contributed by atoms with E-state index in [1.165, 1.54) is 26.4 Å². The molecule has 2 aromatic carbocycles. The molecule has 1 amide bonds. The number of nitrogens with one attached hydrogen (secondary N) is 1. The highest BCUT2D eigenvalue weighted by molar-refractivity contribution is 6.04. The summed E-state index contributed by atoms with van der Waals surface area (Å²) in [5.41, 5.74) is 3.59. The number of carbonyl (C=O) groups excluding carboxylic acids is 1. The van der Waals surface area contributed by atoms with Crippen LogP contribution in [0.2, 0.25) is 0 Å². The number of halogens is 1. The van der Waals surface area contributed by atoms with E-state index in [1.807, 2.05) is 11.5 Å². The number of ether oxygens (including phenoxy) is 3. The average Bonchev–Trinajstić information content (AvgIpc) is 3.84. The van der Waals surface area contributed by atoms with Gasteiger partial charge in [-0.3, -0.25) is 14.6 Å². The SMILES string of the molecule is COc1cc2nccc(Oc3ccc(NC(=O)c4cn(C5CC5)c(C)c(-c5ccc(F)cc5C)c4=O)cc3)c2nc1OC. The van der Waals surface area contributed by atoms with Gasteiger partial charge < -0.3 is 24.1 Å². The fraction of sp³-hybridized carbons (Fsp3) is 0.212. The van der Waals surface area contributed by atoms with Crippen LogP contribution in [0.5, 0.6) is 23.1 Å². The third-order valence-electron chi connectivity index (χ3n) is 7.49. The molecule has 3 aromatic heterocycles. The van der Waals surface area contributed by atoms with E-state index in [0.717, 1.165) is 18.5 Å². The van der Waals surface area contributed by atoms with Gasteiger partial charge in [-0.2, -0.15) is 0 Å². The molecule has 1 aliphatic carbocycles. The van der Waals surface area contributed by atoms with Crippen LogP contribution in [0.25, 0.3) is 22.2 Å². The minimum absolute atomic E-state index is 0.0234. The third-order valence-corrected chi connectivity index (χ3v) is 7.49. The first-order valence-electron chi connectivity index (χ1n) is 13.8. The zero-order valence-corrected chi connectivity index (χ0v) is 24.1. The Hall–Kier alpha value is -5.25. The summed E-state index contributed by atoms with van der Waals surface area (Å²) in [5.74, 6) is 0.822. The Bertz CT molecular complexity index is 1930. The molecular formula is C33H29FN4O5. The number of nitrogens with zero attached hydrogens (tertiary/aromatic N) is 3. The van der Waals surface area contributed by atoms with Crippen LogP contribution in [0.3, 0.4) is 0 Å². The van der Waals surface area contributed by atoms with E-state index in [2.05, 4.69) is 15.3 Å². The number of pyridine rings is 3. The second kappa shape index (κ2) is 11.2. The van der Waals surface area contributed by atoms with E-state index >= 15 is 0 Å². The van der Waals surface area contributed by atoms with Gasteiger partial charge in [0.05, 0.1) is 19.7 Å². The largest absolute Gasteiger partial charge is 0.491 e. The lowest BCUT2D eigenvalue weighted by Gasteiger charge is -2.18. The fourth-order valence-corrected chi connectivity index (χ4v) is 5.16. The Labute approximate surface area is 246 Å². The monoisotopic (exact) mass is 580 g/mol. The van der Waals surface area contributed by atoms with E-state index in [0.29, 0.717) is 56.5 Å². The Morgan fingerprint density at radius 2 is 1.77 bits per heavy atom. The lowest BCUT2D eigenvalue weighted by molar-refractivity contribution is 0.102. The van der Waals surface area contributed by atoms with Crippen LogP contribution in [-0.2, 0) is 0 Å². The van der Waals surface area contributed by atoms with Crippen molar-refractivity contribution in [1.82, 2.24) is 14.5 Å². The van der Waals surface area contributed by atoms with Crippen LogP contribution in [0.4, 0.5) is 10.1 Å². The number of hydrogen-bond acceptors (Lipinski definition) is 7. The average molecular weight is 581 g/mol. The predicted octanol–water partition coefficient (Wildman–Crippen LogP) is 6.61. The summed E-state index contributed by atoms with van der Waals surface area (Å²) in [6.07, 6.45) is 5.18. The van der Waals surface area contributed by atoms with Crippen molar-refractivity contribution in [1.29, 1.82) is 0 Å². The van der Waals surface area contributed by atoms with Gasteiger partial charge in [-0.25, -0.2) is 9.37 Å². The number of fused-ring (bicyclic) bond motifs is 1. The maximum absolute atomic E-state index is 13.8. The quantitative estimate of drug-likeness (QED) is 0.220. The molecule has 1 fully saturated rings. The lowest BCUT2D eigenvalue weighted by atomic mass is 9.96. The molecule has 1 aliphatic rings. The van der Waals surface area contributed by atoms with E-state index in [9.17, 15) is 14.0 Å². The van der Waals surface area contributed by atoms with Crippen molar-refractivity contribution in [3.63, 3.8) is 0 Å². The van der Waals surface area contributed by atoms with E-state index in [4.69, 9.17) is 14.2 Å². The Morgan fingerprint density at radius 1 is 1.00 bits per heavy atom. The van der Waals surface area contributed by atoms with Crippen molar-refractivity contribution >= 4 is 22.6 Å². The molecule has 43 heavy (non-hydrogen) atoms. The number of methoxy groups -OCH3 is 2. The Morgan fingerprint density at radius 3 is 2.44 bits per heavy atom. The summed E-state index contributed by atoms with van der Waals surface area (Å²) in [6.45, 7) is 3.62. The molecule has 218 valence electrons. The van der Waals surface area contributed by atoms with Crippen molar-refractivity contribution < 1.29 is 23.4 Å². The molecule has 3 heterocycles. The van der Waals surface area contributed by atoms with E-state index in [-0.39, 0.29) is 17.4 Å². The molecule has 10 heteroatoms. The minimum atomic E-state index is -0.528. The highest BCUT2D eigenvalue weighted by Crippen LogP contribution is 2.38. The predicted molar refractivity (Wildman–Crippen MR) is 161 cm³/mol. The molecule has 0 atom stereocenters. The number of amides is 1. The van der Waals surface area contributed by atoms with Gasteiger partial charge in [-0.1, -0.05) is 6.07 Å². The molecule has 0 unspecified atom stereocenters. The number of anilines is 1. The van der Waals surface area contributed by atoms with Gasteiger partial charge in [0.1, 0.15) is 22.6 Å². The van der Waals surface area contributed by atoms with Crippen molar-refractivity contribution in [2.24, 2.45) is 0 Å². The molecule has 0 bridgehead atoms. The summed E-state index contributed by atoms with van der Waals surface area (Å²) in [6, 6.07) is 14.7. The summed E-state index contributed by atoms with van der Waals surface area (Å²) < 4.78 is 32.5. The van der Waals surface area contributed by atoms with Crippen molar-refractivity contribution in [3.8, 4) is 34.3 Å². The van der Waals surface area contributed by atoms with Crippen molar-refractivity contribution in [2.45, 2.75) is 32.7 Å². The first-order valence-corrected chi connectivity index (χ1v) is 13.8. The molecule has 1 saturated carbocycles. The normalized spacial score (nSPS) is 12.7. The van der Waals surface area contributed by atoms with Crippen LogP contribution < -0.4 is 25.0 Å². The summed E-state index contributed by atoms with van der Waals surface area (Å²) >= 11 is 0. The molecule has 9 nitrogen and oxygen atoms in total. The lowest BCUT2D eigenvalue weighted by Crippen LogP contribution is -2.26. The van der Waals surface area contributed by atoms with Gasteiger partial charge in [0.2, 0.25) is 5.43 Å². The minimum Gasteiger partial charge on any atom is -0.491 e. The van der Waals surface area contributed by atoms with E-state index < -0.39 is 11.3 Å². The summed E-state index contributed by atoms with van der Waals surface area (Å²) in [7, 11) is 3.03. The fourth-order valence-electron chi connectivity index (χ4n) is 5.16. The summed E-state index contributed by atoms with van der Waals surface area (Å²) in [5, 5.41) is 2.84. The van der Waals surface area contributed by atoms with Crippen LogP contribution in [-0.4, -0.2) is 34.7 Å². The first kappa shape index (κ1) is 27.9. The van der Waals surface area contributed by atoms with Crippen molar-refractivity contribution in [2.75, 3.05) is 19.5 Å². The zero-order chi connectivity index (χ0) is 30.2. The highest BCUT2D eigenvalue weighted by atomic mass is 19.1. The topological polar surface area (TPSA) is 105 Å². The summed E-state index contributed by atoms with van der Waals surface area (Å²) in [4.78, 5) is 36.0. The van der Waals surface area contributed by atoms with Crippen molar-refractivity contribution in [3.05, 3.63) is 99.9 Å². The Balaban J connectivity index is 1.27. The maximum atomic E-state index is 13.8. The van der Waals surface area contributed by atoms with Crippen LogP contribution >= 0.6 is 0 Å². The van der Waals surface area contributed by atoms with Gasteiger partial charge in [-0.15, -0.1) is 0 Å².